The van der Waals surface area contributed by atoms with Crippen LogP contribution in [0, 0.1) is 0 Å². The number of esters is 1. The molecule has 0 spiro atoms. The van der Waals surface area contributed by atoms with Crippen molar-refractivity contribution in [1.82, 2.24) is 4.90 Å². The van der Waals surface area contributed by atoms with E-state index in [0.717, 1.165) is 5.56 Å². The molecule has 23 heavy (non-hydrogen) atoms. The lowest BCUT2D eigenvalue weighted by Crippen LogP contribution is -2.36. The third kappa shape index (κ3) is 5.43. The minimum atomic E-state index is -0.469. The fourth-order valence-electron chi connectivity index (χ4n) is 1.79. The van der Waals surface area contributed by atoms with E-state index in [1.54, 1.807) is 43.2 Å². The molecule has 0 fully saturated rings. The Morgan fingerprint density at radius 2 is 1.83 bits per heavy atom. The molecule has 1 amide bonds. The summed E-state index contributed by atoms with van der Waals surface area (Å²) in [7, 11) is 3.20. The van der Waals surface area contributed by atoms with Gasteiger partial charge in [0, 0.05) is 20.2 Å². The quantitative estimate of drug-likeness (QED) is 0.623. The van der Waals surface area contributed by atoms with E-state index < -0.39 is 6.09 Å². The van der Waals surface area contributed by atoms with Crippen molar-refractivity contribution >= 4 is 12.1 Å². The average molecular weight is 315 g/mol. The van der Waals surface area contributed by atoms with Gasteiger partial charge in [-0.05, 0) is 11.6 Å². The molecule has 1 aromatic heterocycles. The van der Waals surface area contributed by atoms with Crippen molar-refractivity contribution in [2.45, 2.75) is 13.2 Å². The Morgan fingerprint density at radius 1 is 1.09 bits per heavy atom. The van der Waals surface area contributed by atoms with E-state index in [0.29, 0.717) is 5.75 Å². The van der Waals surface area contributed by atoms with Gasteiger partial charge in [0.1, 0.15) is 0 Å². The fraction of sp³-hybridized carbons (Fsp3) is 0.235. The van der Waals surface area contributed by atoms with Gasteiger partial charge in [-0.25, -0.2) is 4.79 Å². The molecule has 0 radical (unpaired) electrons. The number of aromatic nitrogens is 1. The highest BCUT2D eigenvalue weighted by molar-refractivity contribution is 5.72. The lowest BCUT2D eigenvalue weighted by atomic mass is 10.2. The molecule has 0 bridgehead atoms. The monoisotopic (exact) mass is 315 g/mol. The Balaban J connectivity index is 1.88. The molecule has 2 rings (SSSR count). The van der Waals surface area contributed by atoms with E-state index >= 15 is 0 Å². The highest BCUT2D eigenvalue weighted by Crippen LogP contribution is 2.07. The molecule has 0 aliphatic heterocycles. The summed E-state index contributed by atoms with van der Waals surface area (Å²) in [5.74, 6) is 0.0599. The van der Waals surface area contributed by atoms with Crippen LogP contribution < -0.4 is 9.30 Å². The molecule has 6 heteroatoms. The number of nitrogens with zero attached hydrogens (tertiary/aromatic N) is 2. The van der Waals surface area contributed by atoms with E-state index in [4.69, 9.17) is 9.47 Å². The first-order valence-corrected chi connectivity index (χ1v) is 7.12. The van der Waals surface area contributed by atoms with Crippen molar-refractivity contribution in [3.8, 4) is 5.75 Å². The Bertz CT molecular complexity index is 671. The zero-order chi connectivity index (χ0) is 16.7. The second kappa shape index (κ2) is 7.93. The topological polar surface area (TPSA) is 59.7 Å². The standard InChI is InChI=1S/C17H19N2O4/c1-18(2)17(21)23-15-9-6-10-19(12-15)13-22-16(20)11-14-7-4-3-5-8-14/h3-10,12H,11,13H2,1-2H3/q+1. The Hall–Kier alpha value is -2.89. The predicted molar refractivity (Wildman–Crippen MR) is 82.6 cm³/mol. The van der Waals surface area contributed by atoms with Gasteiger partial charge < -0.3 is 14.4 Å². The maximum Gasteiger partial charge on any atom is 0.414 e. The first-order chi connectivity index (χ1) is 11.0. The van der Waals surface area contributed by atoms with Gasteiger partial charge in [0.2, 0.25) is 6.20 Å². The zero-order valence-electron chi connectivity index (χ0n) is 13.1. The Kier molecular flexibility index (Phi) is 5.68. The van der Waals surface area contributed by atoms with Crippen molar-refractivity contribution in [1.29, 1.82) is 0 Å². The number of pyridine rings is 1. The number of hydrogen-bond acceptors (Lipinski definition) is 4. The third-order valence-corrected chi connectivity index (χ3v) is 2.97. The van der Waals surface area contributed by atoms with Crippen LogP contribution in [0.3, 0.4) is 0 Å². The molecule has 0 saturated heterocycles. The molecule has 2 aromatic rings. The van der Waals surface area contributed by atoms with Crippen LogP contribution in [0.15, 0.2) is 54.9 Å². The fourth-order valence-corrected chi connectivity index (χ4v) is 1.79. The molecule has 0 N–H and O–H groups in total. The van der Waals surface area contributed by atoms with Gasteiger partial charge in [-0.2, -0.15) is 4.57 Å². The second-order valence-corrected chi connectivity index (χ2v) is 5.12. The van der Waals surface area contributed by atoms with Crippen molar-refractivity contribution in [2.75, 3.05) is 14.1 Å². The smallest absolute Gasteiger partial charge is 0.405 e. The molecular weight excluding hydrogens is 296 g/mol. The summed E-state index contributed by atoms with van der Waals surface area (Å²) >= 11 is 0. The van der Waals surface area contributed by atoms with Crippen LogP contribution in [-0.4, -0.2) is 31.1 Å². The van der Waals surface area contributed by atoms with Gasteiger partial charge in [-0.1, -0.05) is 30.3 Å². The minimum Gasteiger partial charge on any atom is -0.405 e. The molecular formula is C17H19N2O4+. The molecule has 6 nitrogen and oxygen atoms in total. The lowest BCUT2D eigenvalue weighted by Gasteiger charge is -2.09. The van der Waals surface area contributed by atoms with E-state index in [1.165, 1.54) is 4.90 Å². The summed E-state index contributed by atoms with van der Waals surface area (Å²) in [5.41, 5.74) is 0.899. The number of rotatable bonds is 5. The van der Waals surface area contributed by atoms with Crippen molar-refractivity contribution in [3.05, 3.63) is 60.4 Å². The van der Waals surface area contributed by atoms with Gasteiger partial charge in [0.25, 0.3) is 6.73 Å². The Labute approximate surface area is 134 Å². The summed E-state index contributed by atoms with van der Waals surface area (Å²) in [5, 5.41) is 0. The van der Waals surface area contributed by atoms with Crippen LogP contribution in [-0.2, 0) is 22.7 Å². The van der Waals surface area contributed by atoms with Crippen LogP contribution in [0.5, 0.6) is 5.75 Å². The summed E-state index contributed by atoms with van der Waals surface area (Å²) in [6, 6.07) is 12.8. The lowest BCUT2D eigenvalue weighted by molar-refractivity contribution is -0.727. The van der Waals surface area contributed by atoms with Crippen molar-refractivity contribution in [2.24, 2.45) is 0 Å². The highest BCUT2D eigenvalue weighted by atomic mass is 16.6. The zero-order valence-corrected chi connectivity index (χ0v) is 13.1. The van der Waals surface area contributed by atoms with Crippen LogP contribution in [0.25, 0.3) is 0 Å². The van der Waals surface area contributed by atoms with Crippen molar-refractivity contribution < 1.29 is 23.6 Å². The highest BCUT2D eigenvalue weighted by Gasteiger charge is 2.12. The number of benzene rings is 1. The van der Waals surface area contributed by atoms with Crippen LogP contribution in [0.1, 0.15) is 5.56 Å². The number of amides is 1. The largest absolute Gasteiger partial charge is 0.414 e. The number of carbonyl (C=O) groups excluding carboxylic acids is 2. The molecule has 0 atom stereocenters. The number of hydrogen-bond donors (Lipinski definition) is 0. The van der Waals surface area contributed by atoms with E-state index in [-0.39, 0.29) is 19.1 Å². The van der Waals surface area contributed by atoms with Crippen LogP contribution in [0.4, 0.5) is 4.79 Å². The van der Waals surface area contributed by atoms with Crippen molar-refractivity contribution in [3.63, 3.8) is 0 Å². The molecule has 0 unspecified atom stereocenters. The predicted octanol–water partition coefficient (Wildman–Crippen LogP) is 1.78. The van der Waals surface area contributed by atoms with Gasteiger partial charge in [0.05, 0.1) is 6.42 Å². The van der Waals surface area contributed by atoms with Gasteiger partial charge in [0.15, 0.2) is 11.9 Å². The molecule has 120 valence electrons. The summed E-state index contributed by atoms with van der Waals surface area (Å²) in [6.07, 6.45) is 3.07. The molecule has 1 heterocycles. The SMILES string of the molecule is CN(C)C(=O)Oc1ccc[n+](COC(=O)Cc2ccccc2)c1. The first-order valence-electron chi connectivity index (χ1n) is 7.12. The van der Waals surface area contributed by atoms with E-state index in [1.807, 2.05) is 30.3 Å². The van der Waals surface area contributed by atoms with Gasteiger partial charge in [-0.3, -0.25) is 4.79 Å². The van der Waals surface area contributed by atoms with Gasteiger partial charge in [-0.15, -0.1) is 0 Å². The third-order valence-electron chi connectivity index (χ3n) is 2.97. The maximum atomic E-state index is 11.8. The van der Waals surface area contributed by atoms with Gasteiger partial charge >= 0.3 is 12.1 Å². The van der Waals surface area contributed by atoms with E-state index in [2.05, 4.69) is 0 Å². The molecule has 0 saturated carbocycles. The minimum absolute atomic E-state index is 0.0546. The molecule has 1 aromatic carbocycles. The molecule has 0 aliphatic rings. The number of carbonyl (C=O) groups is 2. The number of ether oxygens (including phenoxy) is 2. The summed E-state index contributed by atoms with van der Waals surface area (Å²) < 4.78 is 12.0. The van der Waals surface area contributed by atoms with E-state index in [9.17, 15) is 9.59 Å². The van der Waals surface area contributed by atoms with Crippen LogP contribution >= 0.6 is 0 Å². The second-order valence-electron chi connectivity index (χ2n) is 5.12. The summed E-state index contributed by atoms with van der Waals surface area (Å²) in [6.45, 7) is 0.0546. The molecule has 0 aliphatic carbocycles. The maximum absolute atomic E-state index is 11.8. The Morgan fingerprint density at radius 3 is 2.52 bits per heavy atom. The normalized spacial score (nSPS) is 10.0. The van der Waals surface area contributed by atoms with Crippen LogP contribution in [0.2, 0.25) is 0 Å². The first kappa shape index (κ1) is 16.5. The average Bonchev–Trinajstić information content (AvgIpc) is 2.54. The summed E-state index contributed by atoms with van der Waals surface area (Å²) in [4.78, 5) is 24.6.